The first kappa shape index (κ1) is 31.7. The van der Waals surface area contributed by atoms with Crippen molar-refractivity contribution in [2.45, 2.75) is 91.5 Å². The van der Waals surface area contributed by atoms with Crippen molar-refractivity contribution in [3.8, 4) is 17.6 Å². The first-order valence-corrected chi connectivity index (χ1v) is 14.2. The maximum atomic E-state index is 13.2. The first-order valence-electron chi connectivity index (χ1n) is 13.8. The molecule has 1 amide bonds. The van der Waals surface area contributed by atoms with E-state index in [2.05, 4.69) is 39.1 Å². The van der Waals surface area contributed by atoms with Crippen molar-refractivity contribution in [3.63, 3.8) is 0 Å². The van der Waals surface area contributed by atoms with Gasteiger partial charge in [-0.25, -0.2) is 0 Å². The number of ether oxygens (including phenoxy) is 3. The van der Waals surface area contributed by atoms with Crippen LogP contribution in [0.5, 0.6) is 11.5 Å². The molecular weight excluding hydrogens is 526 g/mol. The number of nitrogens with two attached hydrogens (primary N) is 1. The Hall–Kier alpha value is -2.79. The molecule has 8 heteroatoms. The minimum atomic E-state index is -0.336. The summed E-state index contributed by atoms with van der Waals surface area (Å²) in [5.74, 6) is 1.16. The van der Waals surface area contributed by atoms with Gasteiger partial charge in [0.25, 0.3) is 5.91 Å². The summed E-state index contributed by atoms with van der Waals surface area (Å²) in [6, 6.07) is 14.2. The van der Waals surface area contributed by atoms with E-state index in [0.717, 1.165) is 12.8 Å². The van der Waals surface area contributed by atoms with Crippen LogP contribution in [-0.2, 0) is 4.74 Å². The van der Waals surface area contributed by atoms with E-state index in [4.69, 9.17) is 36.8 Å². The summed E-state index contributed by atoms with van der Waals surface area (Å²) in [5, 5.41) is 12.7. The molecule has 1 aliphatic carbocycles. The van der Waals surface area contributed by atoms with Gasteiger partial charge in [0.05, 0.1) is 22.8 Å². The molecule has 0 aromatic heterocycles. The molecule has 0 heterocycles. The standard InChI is InChI=1S/C32H44ClN3O4/c1-29(2,35)15-18-39-30(3,4)16-17-38-23-12-9-21(10-13-23)26(37)36-27-31(5,6)28(32(27,7)8)40-24-14-11-22(20-34)25(33)19-24/h9-14,19,27-28H,15-18,35H2,1-8H3,(H,36,37). The van der Waals surface area contributed by atoms with Crippen LogP contribution in [0.1, 0.15) is 84.2 Å². The van der Waals surface area contributed by atoms with E-state index in [1.54, 1.807) is 30.3 Å². The number of hydrogen-bond donors (Lipinski definition) is 2. The summed E-state index contributed by atoms with van der Waals surface area (Å²) in [7, 11) is 0. The van der Waals surface area contributed by atoms with Crippen molar-refractivity contribution < 1.29 is 19.0 Å². The molecule has 1 fully saturated rings. The molecule has 0 unspecified atom stereocenters. The Morgan fingerprint density at radius 3 is 2.15 bits per heavy atom. The third-order valence-corrected chi connectivity index (χ3v) is 8.07. The second-order valence-corrected chi connectivity index (χ2v) is 13.7. The molecular formula is C32H44ClN3O4. The molecule has 0 bridgehead atoms. The summed E-state index contributed by atoms with van der Waals surface area (Å²) in [6.45, 7) is 17.5. The monoisotopic (exact) mass is 569 g/mol. The molecule has 3 rings (SSSR count). The van der Waals surface area contributed by atoms with Crippen LogP contribution in [0.4, 0.5) is 0 Å². The Labute approximate surface area is 244 Å². The predicted octanol–water partition coefficient (Wildman–Crippen LogP) is 6.52. The lowest BCUT2D eigenvalue weighted by atomic mass is 9.49. The van der Waals surface area contributed by atoms with Gasteiger partial charge < -0.3 is 25.3 Å². The van der Waals surface area contributed by atoms with Crippen LogP contribution >= 0.6 is 11.6 Å². The van der Waals surface area contributed by atoms with E-state index < -0.39 is 0 Å². The summed E-state index contributed by atoms with van der Waals surface area (Å²) >= 11 is 6.19. The quantitative estimate of drug-likeness (QED) is 0.301. The second-order valence-electron chi connectivity index (χ2n) is 13.3. The molecule has 0 saturated heterocycles. The summed E-state index contributed by atoms with van der Waals surface area (Å²) < 4.78 is 18.2. The van der Waals surface area contributed by atoms with Crippen LogP contribution in [0, 0.1) is 22.2 Å². The number of carbonyl (C=O) groups excluding carboxylic acids is 1. The normalized spacial score (nSPS) is 19.7. The van der Waals surface area contributed by atoms with Crippen LogP contribution in [0.15, 0.2) is 42.5 Å². The van der Waals surface area contributed by atoms with Gasteiger partial charge in [0.1, 0.15) is 23.7 Å². The van der Waals surface area contributed by atoms with Crippen LogP contribution in [0.25, 0.3) is 0 Å². The lowest BCUT2D eigenvalue weighted by Crippen LogP contribution is -2.74. The van der Waals surface area contributed by atoms with Crippen LogP contribution < -0.4 is 20.5 Å². The van der Waals surface area contributed by atoms with Crippen molar-refractivity contribution in [2.24, 2.45) is 16.6 Å². The number of halogens is 1. The first-order chi connectivity index (χ1) is 18.5. The van der Waals surface area contributed by atoms with Crippen LogP contribution in [0.2, 0.25) is 5.02 Å². The van der Waals surface area contributed by atoms with Crippen molar-refractivity contribution in [1.82, 2.24) is 5.32 Å². The second kappa shape index (κ2) is 12.0. The molecule has 0 atom stereocenters. The van der Waals surface area contributed by atoms with Gasteiger partial charge in [0.2, 0.25) is 0 Å². The maximum Gasteiger partial charge on any atom is 0.251 e. The Kier molecular flexibility index (Phi) is 9.51. The topological polar surface area (TPSA) is 107 Å². The molecule has 40 heavy (non-hydrogen) atoms. The van der Waals surface area contributed by atoms with Crippen LogP contribution in [0.3, 0.4) is 0 Å². The number of benzene rings is 2. The average molecular weight is 570 g/mol. The predicted molar refractivity (Wildman–Crippen MR) is 159 cm³/mol. The summed E-state index contributed by atoms with van der Waals surface area (Å²) in [5.41, 5.74) is 5.77. The zero-order chi connectivity index (χ0) is 29.9. The maximum absolute atomic E-state index is 13.2. The lowest BCUT2D eigenvalue weighted by Gasteiger charge is -2.63. The Morgan fingerprint density at radius 1 is 1.00 bits per heavy atom. The summed E-state index contributed by atoms with van der Waals surface area (Å²) in [4.78, 5) is 13.2. The molecule has 0 radical (unpaired) electrons. The van der Waals surface area contributed by atoms with Gasteiger partial charge in [-0.05, 0) is 70.5 Å². The summed E-state index contributed by atoms with van der Waals surface area (Å²) in [6.07, 6.45) is 1.35. The largest absolute Gasteiger partial charge is 0.493 e. The average Bonchev–Trinajstić information content (AvgIpc) is 2.84. The SMILES string of the molecule is CC(C)(N)CCOC(C)(C)CCOc1ccc(C(=O)NC2C(C)(C)C(Oc3ccc(C#N)c(Cl)c3)C2(C)C)cc1. The molecule has 0 aliphatic heterocycles. The van der Waals surface area contributed by atoms with E-state index in [0.29, 0.717) is 40.9 Å². The van der Waals surface area contributed by atoms with Gasteiger partial charge in [-0.15, -0.1) is 0 Å². The van der Waals surface area contributed by atoms with E-state index in [1.807, 2.05) is 39.8 Å². The number of nitriles is 1. The number of hydrogen-bond acceptors (Lipinski definition) is 6. The number of amides is 1. The van der Waals surface area contributed by atoms with Gasteiger partial charge >= 0.3 is 0 Å². The number of carbonyl (C=O) groups is 1. The minimum absolute atomic E-state index is 0.116. The van der Waals surface area contributed by atoms with Gasteiger partial charge in [0, 0.05) is 47.1 Å². The molecule has 1 aliphatic rings. The van der Waals surface area contributed by atoms with E-state index >= 15 is 0 Å². The van der Waals surface area contributed by atoms with E-state index in [1.165, 1.54) is 0 Å². The smallest absolute Gasteiger partial charge is 0.251 e. The van der Waals surface area contributed by atoms with Crippen molar-refractivity contribution in [2.75, 3.05) is 13.2 Å². The Morgan fingerprint density at radius 2 is 1.60 bits per heavy atom. The van der Waals surface area contributed by atoms with Gasteiger partial charge in [0.15, 0.2) is 0 Å². The third-order valence-electron chi connectivity index (χ3n) is 7.76. The Bertz CT molecular complexity index is 1210. The zero-order valence-electron chi connectivity index (χ0n) is 25.1. The highest BCUT2D eigenvalue weighted by Gasteiger charge is 2.64. The lowest BCUT2D eigenvalue weighted by molar-refractivity contribution is -0.164. The number of nitrogens with one attached hydrogen (secondary N) is 1. The van der Waals surface area contributed by atoms with Crippen molar-refractivity contribution in [3.05, 3.63) is 58.6 Å². The fourth-order valence-electron chi connectivity index (χ4n) is 5.59. The molecule has 7 nitrogen and oxygen atoms in total. The molecule has 218 valence electrons. The van der Waals surface area contributed by atoms with Crippen LogP contribution in [-0.4, -0.2) is 42.4 Å². The molecule has 0 spiro atoms. The minimum Gasteiger partial charge on any atom is -0.493 e. The fourth-order valence-corrected chi connectivity index (χ4v) is 5.80. The highest BCUT2D eigenvalue weighted by molar-refractivity contribution is 6.31. The number of rotatable bonds is 12. The van der Waals surface area contributed by atoms with Crippen molar-refractivity contribution in [1.29, 1.82) is 5.26 Å². The van der Waals surface area contributed by atoms with Crippen molar-refractivity contribution >= 4 is 17.5 Å². The molecule has 2 aromatic carbocycles. The zero-order valence-corrected chi connectivity index (χ0v) is 25.8. The fraction of sp³-hybridized carbons (Fsp3) is 0.562. The van der Waals surface area contributed by atoms with Gasteiger partial charge in [-0.1, -0.05) is 39.3 Å². The molecule has 3 N–H and O–H groups in total. The van der Waals surface area contributed by atoms with Gasteiger partial charge in [-0.3, -0.25) is 4.79 Å². The highest BCUT2D eigenvalue weighted by atomic mass is 35.5. The van der Waals surface area contributed by atoms with E-state index in [-0.39, 0.29) is 40.0 Å². The van der Waals surface area contributed by atoms with E-state index in [9.17, 15) is 4.79 Å². The highest BCUT2D eigenvalue weighted by Crippen LogP contribution is 2.55. The Balaban J connectivity index is 1.53. The van der Waals surface area contributed by atoms with Gasteiger partial charge in [-0.2, -0.15) is 5.26 Å². The number of nitrogens with zero attached hydrogens (tertiary/aromatic N) is 1. The third kappa shape index (κ3) is 7.69. The molecule has 1 saturated carbocycles. The molecule has 2 aromatic rings.